The van der Waals surface area contributed by atoms with E-state index in [0.717, 1.165) is 38.4 Å². The van der Waals surface area contributed by atoms with Gasteiger partial charge in [0.25, 0.3) is 0 Å². The predicted molar refractivity (Wildman–Crippen MR) is 95.6 cm³/mol. The van der Waals surface area contributed by atoms with Gasteiger partial charge in [-0.05, 0) is 76.3 Å². The first-order chi connectivity index (χ1) is 11.5. The summed E-state index contributed by atoms with van der Waals surface area (Å²) >= 11 is 0. The third-order valence-corrected chi connectivity index (χ3v) is 7.51. The number of likely N-dealkylation sites (tertiary alicyclic amines) is 1. The van der Waals surface area contributed by atoms with Gasteiger partial charge in [0, 0.05) is 12.5 Å². The number of allylic oxidation sites excluding steroid dienone is 2. The Morgan fingerprint density at radius 3 is 2.79 bits per heavy atom. The second kappa shape index (κ2) is 6.16. The fraction of sp³-hybridized carbons (Fsp3) is 0.857. The lowest BCUT2D eigenvalue weighted by Gasteiger charge is -2.46. The van der Waals surface area contributed by atoms with E-state index in [2.05, 4.69) is 25.7 Å². The lowest BCUT2D eigenvalue weighted by atomic mass is 9.59. The van der Waals surface area contributed by atoms with Crippen LogP contribution in [0, 0.1) is 23.2 Å². The number of rotatable bonds is 2. The summed E-state index contributed by atoms with van der Waals surface area (Å²) < 4.78 is 5.90. The van der Waals surface area contributed by atoms with Crippen LogP contribution < -0.4 is 0 Å². The molecule has 3 fully saturated rings. The van der Waals surface area contributed by atoms with Gasteiger partial charge < -0.3 is 9.64 Å². The molecule has 0 spiro atoms. The van der Waals surface area contributed by atoms with Crippen molar-refractivity contribution in [1.29, 1.82) is 0 Å². The lowest BCUT2D eigenvalue weighted by molar-refractivity contribution is -0.145. The van der Waals surface area contributed by atoms with Crippen LogP contribution in [-0.4, -0.2) is 36.6 Å². The van der Waals surface area contributed by atoms with Crippen molar-refractivity contribution >= 4 is 5.97 Å². The third kappa shape index (κ3) is 2.83. The molecule has 2 aliphatic carbocycles. The minimum absolute atomic E-state index is 0.0871. The average Bonchev–Trinajstić information content (AvgIpc) is 2.82. The van der Waals surface area contributed by atoms with Gasteiger partial charge in [-0.2, -0.15) is 0 Å². The summed E-state index contributed by atoms with van der Waals surface area (Å²) in [6.45, 7) is 10.3. The molecule has 3 nitrogen and oxygen atoms in total. The maximum atomic E-state index is 12.6. The SMILES string of the molecule is CC1=C2C[C@@H]3C(CN4CCC(C)CC4)C(=O)O[C@@H]3C[C@@]2(C)CCC1. The topological polar surface area (TPSA) is 29.5 Å². The maximum Gasteiger partial charge on any atom is 0.310 e. The van der Waals surface area contributed by atoms with Crippen LogP contribution in [0.25, 0.3) is 0 Å². The van der Waals surface area contributed by atoms with Gasteiger partial charge in [0.2, 0.25) is 0 Å². The summed E-state index contributed by atoms with van der Waals surface area (Å²) in [6, 6.07) is 0. The Morgan fingerprint density at radius 1 is 1.29 bits per heavy atom. The first-order valence-corrected chi connectivity index (χ1v) is 10.1. The number of fused-ring (bicyclic) bond motifs is 2. The molecule has 0 radical (unpaired) electrons. The number of piperidine rings is 1. The molecule has 0 N–H and O–H groups in total. The van der Waals surface area contributed by atoms with Gasteiger partial charge in [-0.15, -0.1) is 0 Å². The Labute approximate surface area is 146 Å². The normalized spacial score (nSPS) is 41.1. The third-order valence-electron chi connectivity index (χ3n) is 7.51. The van der Waals surface area contributed by atoms with Gasteiger partial charge in [-0.25, -0.2) is 0 Å². The van der Waals surface area contributed by atoms with Crippen LogP contribution in [0.15, 0.2) is 11.1 Å². The first-order valence-electron chi connectivity index (χ1n) is 10.1. The average molecular weight is 332 g/mol. The molecule has 2 aliphatic heterocycles. The highest BCUT2D eigenvalue weighted by atomic mass is 16.6. The standard InChI is InChI=1S/C21H33NO2/c1-14-6-9-22(10-7-14)13-17-16-11-18-15(2)5-4-8-21(18,3)12-19(16)24-20(17)23/h14,16-17,19H,4-13H2,1-3H3/t16-,17?,19-,21-/m1/s1. The van der Waals surface area contributed by atoms with Gasteiger partial charge in [0.15, 0.2) is 0 Å². The minimum Gasteiger partial charge on any atom is -0.462 e. The van der Waals surface area contributed by atoms with Gasteiger partial charge in [0.05, 0.1) is 5.92 Å². The molecule has 0 bridgehead atoms. The van der Waals surface area contributed by atoms with Crippen molar-refractivity contribution in [2.24, 2.45) is 23.2 Å². The number of hydrogen-bond donors (Lipinski definition) is 0. The summed E-state index contributed by atoms with van der Waals surface area (Å²) in [5.41, 5.74) is 3.57. The van der Waals surface area contributed by atoms with Crippen LogP contribution in [0.2, 0.25) is 0 Å². The molecular weight excluding hydrogens is 298 g/mol. The van der Waals surface area contributed by atoms with Crippen molar-refractivity contribution in [3.63, 3.8) is 0 Å². The largest absolute Gasteiger partial charge is 0.462 e. The molecular formula is C21H33NO2. The van der Waals surface area contributed by atoms with Crippen LogP contribution in [-0.2, 0) is 9.53 Å². The van der Waals surface area contributed by atoms with Crippen molar-refractivity contribution < 1.29 is 9.53 Å². The molecule has 134 valence electrons. The monoisotopic (exact) mass is 331 g/mol. The molecule has 0 amide bonds. The molecule has 0 aromatic heterocycles. The number of nitrogens with zero attached hydrogens (tertiary/aromatic N) is 1. The van der Waals surface area contributed by atoms with Crippen molar-refractivity contribution in [1.82, 2.24) is 4.90 Å². The van der Waals surface area contributed by atoms with E-state index in [1.54, 1.807) is 11.1 Å². The Bertz CT molecular complexity index is 546. The van der Waals surface area contributed by atoms with E-state index in [1.807, 2.05) is 0 Å². The highest BCUT2D eigenvalue weighted by Gasteiger charge is 2.53. The van der Waals surface area contributed by atoms with E-state index in [4.69, 9.17) is 4.74 Å². The van der Waals surface area contributed by atoms with Crippen LogP contribution in [0.3, 0.4) is 0 Å². The molecule has 4 atom stereocenters. The highest BCUT2D eigenvalue weighted by Crippen LogP contribution is 2.55. The second-order valence-electron chi connectivity index (χ2n) is 9.31. The van der Waals surface area contributed by atoms with E-state index in [0.29, 0.717) is 11.3 Å². The molecule has 1 unspecified atom stereocenters. The summed E-state index contributed by atoms with van der Waals surface area (Å²) in [4.78, 5) is 15.1. The quantitative estimate of drug-likeness (QED) is 0.562. The molecule has 2 heterocycles. The zero-order valence-corrected chi connectivity index (χ0v) is 15.6. The lowest BCUT2D eigenvalue weighted by Crippen LogP contribution is -2.43. The molecule has 2 saturated heterocycles. The van der Waals surface area contributed by atoms with Crippen molar-refractivity contribution in [2.75, 3.05) is 19.6 Å². The van der Waals surface area contributed by atoms with Crippen LogP contribution in [0.1, 0.15) is 65.7 Å². The number of ether oxygens (including phenoxy) is 1. The Hall–Kier alpha value is -0.830. The molecule has 0 aromatic rings. The zero-order valence-electron chi connectivity index (χ0n) is 15.6. The zero-order chi connectivity index (χ0) is 16.9. The fourth-order valence-corrected chi connectivity index (χ4v) is 5.84. The summed E-state index contributed by atoms with van der Waals surface area (Å²) in [5.74, 6) is 1.46. The van der Waals surface area contributed by atoms with E-state index in [9.17, 15) is 4.79 Å². The number of esters is 1. The van der Waals surface area contributed by atoms with E-state index < -0.39 is 0 Å². The van der Waals surface area contributed by atoms with Crippen molar-refractivity contribution in [3.05, 3.63) is 11.1 Å². The highest BCUT2D eigenvalue weighted by molar-refractivity contribution is 5.76. The van der Waals surface area contributed by atoms with Gasteiger partial charge in [-0.3, -0.25) is 4.79 Å². The molecule has 0 aromatic carbocycles. The molecule has 3 heteroatoms. The van der Waals surface area contributed by atoms with E-state index in [1.165, 1.54) is 32.1 Å². The predicted octanol–water partition coefficient (Wildman–Crippen LogP) is 4.18. The van der Waals surface area contributed by atoms with Gasteiger partial charge in [0.1, 0.15) is 6.10 Å². The molecule has 1 saturated carbocycles. The summed E-state index contributed by atoms with van der Waals surface area (Å²) in [7, 11) is 0. The first kappa shape index (κ1) is 16.6. The van der Waals surface area contributed by atoms with Crippen LogP contribution in [0.5, 0.6) is 0 Å². The smallest absolute Gasteiger partial charge is 0.310 e. The maximum absolute atomic E-state index is 12.6. The van der Waals surface area contributed by atoms with Crippen LogP contribution in [0.4, 0.5) is 0 Å². The fourth-order valence-electron chi connectivity index (χ4n) is 5.84. The Morgan fingerprint density at radius 2 is 2.04 bits per heavy atom. The number of carbonyl (C=O) groups is 1. The molecule has 4 aliphatic rings. The summed E-state index contributed by atoms with van der Waals surface area (Å²) in [6.07, 6.45) is 8.71. The number of hydrogen-bond acceptors (Lipinski definition) is 3. The molecule has 24 heavy (non-hydrogen) atoms. The van der Waals surface area contributed by atoms with Crippen LogP contribution >= 0.6 is 0 Å². The van der Waals surface area contributed by atoms with E-state index >= 15 is 0 Å². The second-order valence-corrected chi connectivity index (χ2v) is 9.31. The number of carbonyl (C=O) groups excluding carboxylic acids is 1. The van der Waals surface area contributed by atoms with E-state index in [-0.39, 0.29) is 18.0 Å². The Balaban J connectivity index is 1.50. The minimum atomic E-state index is 0.0871. The van der Waals surface area contributed by atoms with Gasteiger partial charge in [-0.1, -0.05) is 25.0 Å². The van der Waals surface area contributed by atoms with Crippen molar-refractivity contribution in [2.45, 2.75) is 71.8 Å². The van der Waals surface area contributed by atoms with Crippen molar-refractivity contribution in [3.8, 4) is 0 Å². The Kier molecular flexibility index (Phi) is 4.27. The van der Waals surface area contributed by atoms with Gasteiger partial charge >= 0.3 is 5.97 Å². The molecule has 4 rings (SSSR count). The summed E-state index contributed by atoms with van der Waals surface area (Å²) in [5, 5.41) is 0.